The highest BCUT2D eigenvalue weighted by Crippen LogP contribution is 2.55. The maximum Gasteiger partial charge on any atom is 0.334 e. The normalized spacial score (nSPS) is 40.7. The smallest absolute Gasteiger partial charge is 0.334 e. The van der Waals surface area contributed by atoms with Gasteiger partial charge < -0.3 is 10.4 Å². The topological polar surface area (TPSA) is 116 Å². The Morgan fingerprint density at radius 3 is 2.18 bits per heavy atom. The molecule has 7 nitrogen and oxygen atoms in total. The number of aliphatic hydroxyl groups is 1. The molecule has 4 rings (SSSR count). The number of rotatable bonds is 4. The molecule has 0 aromatic heterocycles. The number of hydrogen-bond acceptors (Lipinski definition) is 4. The zero-order valence-electron chi connectivity index (χ0n) is 12.9. The van der Waals surface area contributed by atoms with Crippen molar-refractivity contribution in [1.82, 2.24) is 10.0 Å². The van der Waals surface area contributed by atoms with Gasteiger partial charge in [0.1, 0.15) is 5.54 Å². The predicted octanol–water partition coefficient (Wildman–Crippen LogP) is 0.213. The highest BCUT2D eigenvalue weighted by Gasteiger charge is 2.55. The Morgan fingerprint density at radius 1 is 1.18 bits per heavy atom. The van der Waals surface area contributed by atoms with Crippen molar-refractivity contribution in [3.05, 3.63) is 0 Å². The third-order valence-corrected chi connectivity index (χ3v) is 6.26. The van der Waals surface area contributed by atoms with Crippen LogP contribution in [0.1, 0.15) is 46.0 Å². The Kier molecular flexibility index (Phi) is 3.60. The van der Waals surface area contributed by atoms with Crippen LogP contribution in [0.15, 0.2) is 0 Å². The molecule has 0 aromatic carbocycles. The Labute approximate surface area is 130 Å². The van der Waals surface area contributed by atoms with Gasteiger partial charge in [0.05, 0.1) is 5.60 Å². The van der Waals surface area contributed by atoms with Crippen LogP contribution in [-0.4, -0.2) is 41.2 Å². The monoisotopic (exact) mass is 332 g/mol. The van der Waals surface area contributed by atoms with Gasteiger partial charge in [-0.2, -0.15) is 13.1 Å². The van der Waals surface area contributed by atoms with Gasteiger partial charge in [0.15, 0.2) is 0 Å². The maximum absolute atomic E-state index is 12.4. The van der Waals surface area contributed by atoms with Crippen molar-refractivity contribution in [3.63, 3.8) is 0 Å². The van der Waals surface area contributed by atoms with Gasteiger partial charge in [-0.3, -0.25) is 9.35 Å². The first-order valence-electron chi connectivity index (χ1n) is 7.77. The molecular formula is C14H24N2O5S. The summed E-state index contributed by atoms with van der Waals surface area (Å²) in [6.45, 7) is 2.83. The van der Waals surface area contributed by atoms with Gasteiger partial charge in [-0.1, -0.05) is 0 Å². The van der Waals surface area contributed by atoms with E-state index >= 15 is 0 Å². The lowest BCUT2D eigenvalue weighted by Crippen LogP contribution is -2.65. The summed E-state index contributed by atoms with van der Waals surface area (Å²) in [6.07, 6.45) is 4.30. The first-order valence-corrected chi connectivity index (χ1v) is 9.21. The maximum atomic E-state index is 12.4. The van der Waals surface area contributed by atoms with Crippen molar-refractivity contribution in [1.29, 1.82) is 0 Å². The minimum Gasteiger partial charge on any atom is -0.390 e. The van der Waals surface area contributed by atoms with Gasteiger partial charge in [0.2, 0.25) is 5.91 Å². The van der Waals surface area contributed by atoms with Gasteiger partial charge in [-0.25, -0.2) is 0 Å². The van der Waals surface area contributed by atoms with E-state index in [9.17, 15) is 18.3 Å². The summed E-state index contributed by atoms with van der Waals surface area (Å²) in [6, 6.07) is -0.0215. The van der Waals surface area contributed by atoms with E-state index in [1.54, 1.807) is 0 Å². The largest absolute Gasteiger partial charge is 0.390 e. The number of carbonyl (C=O) groups is 1. The number of carbonyl (C=O) groups excluding carboxylic acids is 1. The van der Waals surface area contributed by atoms with E-state index in [1.165, 1.54) is 13.8 Å². The van der Waals surface area contributed by atoms with Crippen molar-refractivity contribution in [2.24, 2.45) is 17.8 Å². The summed E-state index contributed by atoms with van der Waals surface area (Å²) in [7, 11) is -4.45. The van der Waals surface area contributed by atoms with E-state index in [0.717, 1.165) is 19.3 Å². The lowest BCUT2D eigenvalue weighted by molar-refractivity contribution is -0.148. The lowest BCUT2D eigenvalue weighted by atomic mass is 9.52. The van der Waals surface area contributed by atoms with Crippen LogP contribution in [0.4, 0.5) is 0 Å². The Hall–Kier alpha value is -0.700. The molecule has 0 spiro atoms. The standard InChI is InChI=1S/C14H24N2O5S/c1-13(2,16-22(19,20)21)12(17)15-11-9-3-8-4-10(11)7-14(18,5-8)6-9/h8-11,16,18H,3-7H2,1-2H3,(H,15,17)(H,19,20,21). The lowest BCUT2D eigenvalue weighted by Gasteiger charge is -2.58. The van der Waals surface area contributed by atoms with Crippen molar-refractivity contribution in [2.45, 2.75) is 63.1 Å². The number of nitrogens with one attached hydrogen (secondary N) is 2. The van der Waals surface area contributed by atoms with Crippen LogP contribution in [0.25, 0.3) is 0 Å². The second-order valence-corrected chi connectivity index (χ2v) is 9.05. The highest BCUT2D eigenvalue weighted by molar-refractivity contribution is 7.83. The third-order valence-electron chi connectivity index (χ3n) is 5.49. The van der Waals surface area contributed by atoms with Crippen molar-refractivity contribution < 1.29 is 22.9 Å². The van der Waals surface area contributed by atoms with E-state index in [0.29, 0.717) is 18.8 Å². The Balaban J connectivity index is 1.70. The molecule has 4 N–H and O–H groups in total. The molecule has 1 amide bonds. The minimum absolute atomic E-state index is 0.0215. The van der Waals surface area contributed by atoms with E-state index in [2.05, 4.69) is 5.32 Å². The molecule has 2 unspecified atom stereocenters. The molecule has 8 heteroatoms. The molecule has 126 valence electrons. The van der Waals surface area contributed by atoms with Crippen LogP contribution in [0, 0.1) is 17.8 Å². The van der Waals surface area contributed by atoms with E-state index in [-0.39, 0.29) is 17.9 Å². The minimum atomic E-state index is -4.45. The van der Waals surface area contributed by atoms with Crippen LogP contribution in [0.5, 0.6) is 0 Å². The first kappa shape index (κ1) is 16.2. The molecule has 0 aliphatic heterocycles. The SMILES string of the molecule is CC(C)(NS(=O)(=O)O)C(=O)NC1C2CC3CC1CC(O)(C3)C2. The summed E-state index contributed by atoms with van der Waals surface area (Å²) in [5.74, 6) is 0.595. The average Bonchev–Trinajstić information content (AvgIpc) is 2.28. The number of hydrogen-bond donors (Lipinski definition) is 4. The molecule has 4 aliphatic carbocycles. The molecule has 0 saturated heterocycles. The van der Waals surface area contributed by atoms with Crippen LogP contribution >= 0.6 is 0 Å². The predicted molar refractivity (Wildman–Crippen MR) is 79.2 cm³/mol. The van der Waals surface area contributed by atoms with Gasteiger partial charge in [-0.15, -0.1) is 0 Å². The van der Waals surface area contributed by atoms with E-state index in [4.69, 9.17) is 4.55 Å². The summed E-state index contributed by atoms with van der Waals surface area (Å²) >= 11 is 0. The van der Waals surface area contributed by atoms with Crippen molar-refractivity contribution in [2.75, 3.05) is 0 Å². The first-order chi connectivity index (χ1) is 9.97. The van der Waals surface area contributed by atoms with Crippen LogP contribution in [-0.2, 0) is 15.1 Å². The summed E-state index contributed by atoms with van der Waals surface area (Å²) in [5, 5.41) is 13.5. The fraction of sp³-hybridized carbons (Fsp3) is 0.929. The van der Waals surface area contributed by atoms with Crippen molar-refractivity contribution in [3.8, 4) is 0 Å². The third kappa shape index (κ3) is 3.02. The number of amides is 1. The molecule has 2 atom stereocenters. The second-order valence-electron chi connectivity index (χ2n) is 7.90. The molecule has 0 aromatic rings. The second kappa shape index (κ2) is 4.90. The molecule has 0 radical (unpaired) electrons. The van der Waals surface area contributed by atoms with Gasteiger partial charge in [-0.05, 0) is 63.7 Å². The highest BCUT2D eigenvalue weighted by atomic mass is 32.2. The van der Waals surface area contributed by atoms with Gasteiger partial charge in [0.25, 0.3) is 0 Å². The fourth-order valence-electron chi connectivity index (χ4n) is 4.92. The summed E-state index contributed by atoms with van der Waals surface area (Å²) in [4.78, 5) is 12.4. The van der Waals surface area contributed by atoms with Crippen molar-refractivity contribution >= 4 is 16.2 Å². The molecule has 0 heterocycles. The molecule has 4 fully saturated rings. The summed E-state index contributed by atoms with van der Waals surface area (Å²) in [5.41, 5.74) is -1.99. The zero-order valence-corrected chi connectivity index (χ0v) is 13.7. The van der Waals surface area contributed by atoms with Crippen LogP contribution in [0.2, 0.25) is 0 Å². The quantitative estimate of drug-likeness (QED) is 0.549. The molecule has 4 bridgehead atoms. The zero-order chi connectivity index (χ0) is 16.3. The van der Waals surface area contributed by atoms with Gasteiger partial charge >= 0.3 is 10.3 Å². The fourth-order valence-corrected chi connectivity index (χ4v) is 5.66. The molecule has 4 saturated carbocycles. The van der Waals surface area contributed by atoms with Crippen LogP contribution in [0.3, 0.4) is 0 Å². The van der Waals surface area contributed by atoms with E-state index in [1.807, 2.05) is 4.72 Å². The molecule has 4 aliphatic rings. The summed E-state index contributed by atoms with van der Waals surface area (Å²) < 4.78 is 32.8. The molecular weight excluding hydrogens is 308 g/mol. The molecule has 22 heavy (non-hydrogen) atoms. The van der Waals surface area contributed by atoms with Gasteiger partial charge in [0, 0.05) is 6.04 Å². The average molecular weight is 332 g/mol. The van der Waals surface area contributed by atoms with Crippen LogP contribution < -0.4 is 10.0 Å². The Morgan fingerprint density at radius 2 is 1.73 bits per heavy atom. The Bertz CT molecular complexity index is 572. The van der Waals surface area contributed by atoms with E-state index < -0.39 is 27.4 Å².